The molecule has 0 radical (unpaired) electrons. The molecule has 1 amide bonds. The van der Waals surface area contributed by atoms with Gasteiger partial charge < -0.3 is 19.2 Å². The highest BCUT2D eigenvalue weighted by molar-refractivity contribution is 5.80. The topological polar surface area (TPSA) is 60.7 Å². The van der Waals surface area contributed by atoms with E-state index >= 15 is 0 Å². The largest absolute Gasteiger partial charge is 0.494 e. The molecule has 1 N–H and O–H groups in total. The van der Waals surface area contributed by atoms with Crippen LogP contribution in [-0.4, -0.2) is 12.5 Å². The molecule has 0 aliphatic heterocycles. The van der Waals surface area contributed by atoms with E-state index in [1.54, 1.807) is 0 Å². The van der Waals surface area contributed by atoms with E-state index in [0.29, 0.717) is 13.2 Å². The average Bonchev–Trinajstić information content (AvgIpc) is 3.04. The van der Waals surface area contributed by atoms with Crippen LogP contribution in [0.5, 0.6) is 11.5 Å². The minimum Gasteiger partial charge on any atom is -0.494 e. The van der Waals surface area contributed by atoms with E-state index in [1.165, 1.54) is 6.92 Å². The van der Waals surface area contributed by atoms with Crippen LogP contribution < -0.4 is 14.8 Å². The zero-order valence-electron chi connectivity index (χ0n) is 15.2. The fourth-order valence-corrected chi connectivity index (χ4v) is 2.73. The summed E-state index contributed by atoms with van der Waals surface area (Å²) in [6, 6.07) is 15.4. The molecular formula is C21H23NO4. The highest BCUT2D eigenvalue weighted by atomic mass is 16.5. The number of furan rings is 1. The van der Waals surface area contributed by atoms with Crippen LogP contribution in [0.3, 0.4) is 0 Å². The minimum atomic E-state index is -0.173. The van der Waals surface area contributed by atoms with Crippen molar-refractivity contribution in [2.75, 3.05) is 6.61 Å². The minimum absolute atomic E-state index is 0.0858. The van der Waals surface area contributed by atoms with Crippen LogP contribution in [0, 0.1) is 0 Å². The van der Waals surface area contributed by atoms with Crippen molar-refractivity contribution in [1.29, 1.82) is 0 Å². The van der Waals surface area contributed by atoms with Crippen molar-refractivity contribution in [3.63, 3.8) is 0 Å². The molecule has 1 unspecified atom stereocenters. The summed E-state index contributed by atoms with van der Waals surface area (Å²) in [4.78, 5) is 11.2. The standard InChI is InChI=1S/C21H23NO4/c1-4-24-18-8-5-16(6-9-18)13-25-19-10-7-17-11-20(26-21(17)12-19)14(2)22-15(3)23/h5-12,14H,4,13H2,1-3H3,(H,22,23). The number of benzene rings is 2. The lowest BCUT2D eigenvalue weighted by molar-refractivity contribution is -0.119. The van der Waals surface area contributed by atoms with Gasteiger partial charge in [-0.1, -0.05) is 12.1 Å². The number of carbonyl (C=O) groups is 1. The van der Waals surface area contributed by atoms with Crippen LogP contribution >= 0.6 is 0 Å². The number of amides is 1. The molecular weight excluding hydrogens is 330 g/mol. The molecule has 0 fully saturated rings. The maximum absolute atomic E-state index is 11.2. The first-order valence-corrected chi connectivity index (χ1v) is 8.70. The predicted octanol–water partition coefficient (Wildman–Crippen LogP) is 4.61. The van der Waals surface area contributed by atoms with Crippen molar-refractivity contribution in [2.24, 2.45) is 0 Å². The molecule has 0 saturated heterocycles. The number of rotatable bonds is 7. The van der Waals surface area contributed by atoms with Gasteiger partial charge in [-0.05, 0) is 49.7 Å². The maximum Gasteiger partial charge on any atom is 0.217 e. The van der Waals surface area contributed by atoms with E-state index in [9.17, 15) is 4.79 Å². The molecule has 3 aromatic rings. The lowest BCUT2D eigenvalue weighted by Gasteiger charge is -2.08. The molecule has 0 saturated carbocycles. The Morgan fingerprint density at radius 1 is 1.08 bits per heavy atom. The summed E-state index contributed by atoms with van der Waals surface area (Å²) in [7, 11) is 0. The Bertz CT molecular complexity index is 883. The molecule has 5 heteroatoms. The first-order valence-electron chi connectivity index (χ1n) is 8.70. The number of ether oxygens (including phenoxy) is 2. The average molecular weight is 353 g/mol. The second-order valence-corrected chi connectivity index (χ2v) is 6.14. The van der Waals surface area contributed by atoms with Gasteiger partial charge in [0.05, 0.1) is 12.6 Å². The van der Waals surface area contributed by atoms with Gasteiger partial charge in [0.2, 0.25) is 5.91 Å². The Morgan fingerprint density at radius 2 is 1.81 bits per heavy atom. The molecule has 0 spiro atoms. The first kappa shape index (κ1) is 17.9. The SMILES string of the molecule is CCOc1ccc(COc2ccc3cc(C(C)NC(C)=O)oc3c2)cc1. The fraction of sp³-hybridized carbons (Fsp3) is 0.286. The first-order chi connectivity index (χ1) is 12.5. The molecule has 1 atom stereocenters. The van der Waals surface area contributed by atoms with Crippen LogP contribution in [0.25, 0.3) is 11.0 Å². The van der Waals surface area contributed by atoms with E-state index in [4.69, 9.17) is 13.9 Å². The van der Waals surface area contributed by atoms with Crippen molar-refractivity contribution in [3.8, 4) is 11.5 Å². The number of carbonyl (C=O) groups excluding carboxylic acids is 1. The fourth-order valence-electron chi connectivity index (χ4n) is 2.73. The zero-order chi connectivity index (χ0) is 18.5. The van der Waals surface area contributed by atoms with Crippen LogP contribution in [-0.2, 0) is 11.4 Å². The molecule has 136 valence electrons. The van der Waals surface area contributed by atoms with Crippen molar-refractivity contribution in [2.45, 2.75) is 33.4 Å². The van der Waals surface area contributed by atoms with Gasteiger partial charge in [0.15, 0.2) is 0 Å². The number of hydrogen-bond acceptors (Lipinski definition) is 4. The second kappa shape index (κ2) is 7.95. The Kier molecular flexibility index (Phi) is 5.46. The lowest BCUT2D eigenvalue weighted by Crippen LogP contribution is -2.23. The van der Waals surface area contributed by atoms with Crippen LogP contribution in [0.4, 0.5) is 0 Å². The normalized spacial score (nSPS) is 12.0. The summed E-state index contributed by atoms with van der Waals surface area (Å²) in [5, 5.41) is 3.80. The summed E-state index contributed by atoms with van der Waals surface area (Å²) in [6.07, 6.45) is 0. The third-order valence-corrected chi connectivity index (χ3v) is 4.00. The van der Waals surface area contributed by atoms with Gasteiger partial charge in [-0.2, -0.15) is 0 Å². The molecule has 0 aliphatic carbocycles. The maximum atomic E-state index is 11.2. The molecule has 2 aromatic carbocycles. The molecule has 3 rings (SSSR count). The third kappa shape index (κ3) is 4.36. The second-order valence-electron chi connectivity index (χ2n) is 6.14. The smallest absolute Gasteiger partial charge is 0.217 e. The summed E-state index contributed by atoms with van der Waals surface area (Å²) < 4.78 is 17.2. The molecule has 0 bridgehead atoms. The lowest BCUT2D eigenvalue weighted by atomic mass is 10.2. The highest BCUT2D eigenvalue weighted by Gasteiger charge is 2.13. The van der Waals surface area contributed by atoms with Gasteiger partial charge in [0.25, 0.3) is 0 Å². The summed E-state index contributed by atoms with van der Waals surface area (Å²) in [5.74, 6) is 2.23. The predicted molar refractivity (Wildman–Crippen MR) is 100 cm³/mol. The van der Waals surface area contributed by atoms with Crippen LogP contribution in [0.15, 0.2) is 52.9 Å². The monoisotopic (exact) mass is 353 g/mol. The van der Waals surface area contributed by atoms with Gasteiger partial charge >= 0.3 is 0 Å². The van der Waals surface area contributed by atoms with E-state index in [0.717, 1.165) is 33.8 Å². The molecule has 1 aromatic heterocycles. The third-order valence-electron chi connectivity index (χ3n) is 4.00. The molecule has 26 heavy (non-hydrogen) atoms. The Hall–Kier alpha value is -2.95. The van der Waals surface area contributed by atoms with Crippen molar-refractivity contribution < 1.29 is 18.7 Å². The Morgan fingerprint density at radius 3 is 2.50 bits per heavy atom. The van der Waals surface area contributed by atoms with E-state index in [1.807, 2.05) is 62.4 Å². The highest BCUT2D eigenvalue weighted by Crippen LogP contribution is 2.27. The number of hydrogen-bond donors (Lipinski definition) is 1. The van der Waals surface area contributed by atoms with Gasteiger partial charge in [0.1, 0.15) is 29.4 Å². The molecule has 5 nitrogen and oxygen atoms in total. The zero-order valence-corrected chi connectivity index (χ0v) is 15.2. The summed E-state index contributed by atoms with van der Waals surface area (Å²) in [5.41, 5.74) is 1.80. The van der Waals surface area contributed by atoms with Crippen molar-refractivity contribution >= 4 is 16.9 Å². The van der Waals surface area contributed by atoms with Gasteiger partial charge in [-0.25, -0.2) is 0 Å². The van der Waals surface area contributed by atoms with Gasteiger partial charge in [-0.3, -0.25) is 4.79 Å². The van der Waals surface area contributed by atoms with Gasteiger partial charge in [-0.15, -0.1) is 0 Å². The summed E-state index contributed by atoms with van der Waals surface area (Å²) >= 11 is 0. The van der Waals surface area contributed by atoms with E-state index < -0.39 is 0 Å². The van der Waals surface area contributed by atoms with Gasteiger partial charge in [0, 0.05) is 18.4 Å². The Labute approximate surface area is 152 Å². The van der Waals surface area contributed by atoms with Crippen molar-refractivity contribution in [3.05, 3.63) is 59.9 Å². The van der Waals surface area contributed by atoms with Crippen molar-refractivity contribution in [1.82, 2.24) is 5.32 Å². The quantitative estimate of drug-likeness (QED) is 0.674. The molecule has 0 aliphatic rings. The molecule has 1 heterocycles. The van der Waals surface area contributed by atoms with Crippen LogP contribution in [0.1, 0.15) is 38.1 Å². The van der Waals surface area contributed by atoms with E-state index in [-0.39, 0.29) is 11.9 Å². The number of nitrogens with one attached hydrogen (secondary N) is 1. The number of fused-ring (bicyclic) bond motifs is 1. The summed E-state index contributed by atoms with van der Waals surface area (Å²) in [6.45, 7) is 6.47. The Balaban J connectivity index is 1.67. The van der Waals surface area contributed by atoms with E-state index in [2.05, 4.69) is 5.32 Å². The van der Waals surface area contributed by atoms with Crippen LogP contribution in [0.2, 0.25) is 0 Å².